The van der Waals surface area contributed by atoms with E-state index in [2.05, 4.69) is 16.6 Å². The number of nitrogens with one attached hydrogen (secondary N) is 2. The van der Waals surface area contributed by atoms with E-state index in [4.69, 9.17) is 0 Å². The van der Waals surface area contributed by atoms with Crippen molar-refractivity contribution in [3.8, 4) is 0 Å². The molecule has 0 aliphatic carbocycles. The number of fused-ring (bicyclic) bond motifs is 2. The number of nitrogens with zero attached hydrogens (tertiary/aromatic N) is 1. The van der Waals surface area contributed by atoms with Gasteiger partial charge >= 0.3 is 0 Å². The van der Waals surface area contributed by atoms with Crippen molar-refractivity contribution in [2.75, 3.05) is 13.6 Å². The minimum Gasteiger partial charge on any atom is -0.339 e. The molecule has 25 heavy (non-hydrogen) atoms. The first-order valence-corrected chi connectivity index (χ1v) is 10.1. The summed E-state index contributed by atoms with van der Waals surface area (Å²) in [5.74, 6) is -0.0608. The first kappa shape index (κ1) is 18.1. The van der Waals surface area contributed by atoms with Gasteiger partial charge in [0.05, 0.1) is 4.90 Å². The molecule has 0 saturated carbocycles. The van der Waals surface area contributed by atoms with Crippen LogP contribution < -0.4 is 10.0 Å². The Labute approximate surface area is 149 Å². The molecule has 2 aliphatic heterocycles. The maximum atomic E-state index is 12.7. The SMILES string of the molecule is C=CCNS(=O)(=O)c1ccc(C(=O)N(C)C2CC3CCC(C2)N3)cc1. The van der Waals surface area contributed by atoms with Gasteiger partial charge in [-0.05, 0) is 49.9 Å². The highest BCUT2D eigenvalue weighted by atomic mass is 32.2. The fourth-order valence-electron chi connectivity index (χ4n) is 3.74. The lowest BCUT2D eigenvalue weighted by atomic mass is 9.98. The van der Waals surface area contributed by atoms with Gasteiger partial charge in [-0.25, -0.2) is 13.1 Å². The molecule has 0 radical (unpaired) electrons. The molecule has 1 aromatic rings. The van der Waals surface area contributed by atoms with Gasteiger partial charge in [-0.2, -0.15) is 0 Å². The summed E-state index contributed by atoms with van der Waals surface area (Å²) in [7, 11) is -1.73. The quantitative estimate of drug-likeness (QED) is 0.751. The van der Waals surface area contributed by atoms with Crippen molar-refractivity contribution < 1.29 is 13.2 Å². The standard InChI is InChI=1S/C18H25N3O3S/c1-3-10-19-25(23,24)17-8-4-13(5-9-17)18(22)21(2)16-11-14-6-7-15(12-16)20-14/h3-5,8-9,14-16,19-20H,1,6-7,10-12H2,2H3. The zero-order chi connectivity index (χ0) is 18.0. The lowest BCUT2D eigenvalue weighted by Gasteiger charge is -2.35. The lowest BCUT2D eigenvalue weighted by molar-refractivity contribution is 0.0681. The molecule has 0 aromatic heterocycles. The van der Waals surface area contributed by atoms with E-state index in [0.29, 0.717) is 17.6 Å². The van der Waals surface area contributed by atoms with Crippen LogP contribution in [0.1, 0.15) is 36.0 Å². The minimum absolute atomic E-state index is 0.0608. The summed E-state index contributed by atoms with van der Waals surface area (Å²) in [6, 6.07) is 7.37. The summed E-state index contributed by atoms with van der Waals surface area (Å²) in [5, 5.41) is 3.58. The van der Waals surface area contributed by atoms with Crippen LogP contribution in [0, 0.1) is 0 Å². The molecule has 0 spiro atoms. The Balaban J connectivity index is 1.69. The van der Waals surface area contributed by atoms with Gasteiger partial charge in [-0.15, -0.1) is 6.58 Å². The van der Waals surface area contributed by atoms with E-state index in [9.17, 15) is 13.2 Å². The first-order valence-electron chi connectivity index (χ1n) is 8.64. The van der Waals surface area contributed by atoms with Gasteiger partial charge < -0.3 is 10.2 Å². The minimum atomic E-state index is -3.57. The van der Waals surface area contributed by atoms with Gasteiger partial charge in [0, 0.05) is 37.3 Å². The molecule has 2 aliphatic rings. The maximum Gasteiger partial charge on any atom is 0.253 e. The molecule has 1 amide bonds. The second-order valence-corrected chi connectivity index (χ2v) is 8.61. The van der Waals surface area contributed by atoms with Gasteiger partial charge in [-0.1, -0.05) is 6.08 Å². The molecule has 2 N–H and O–H groups in total. The van der Waals surface area contributed by atoms with Gasteiger partial charge in [0.25, 0.3) is 5.91 Å². The predicted octanol–water partition coefficient (Wildman–Crippen LogP) is 1.51. The Kier molecular flexibility index (Phi) is 5.27. The number of rotatable bonds is 6. The predicted molar refractivity (Wildman–Crippen MR) is 96.9 cm³/mol. The smallest absolute Gasteiger partial charge is 0.253 e. The summed E-state index contributed by atoms with van der Waals surface area (Å²) < 4.78 is 26.6. The molecular weight excluding hydrogens is 338 g/mol. The number of amides is 1. The average molecular weight is 363 g/mol. The molecule has 7 heteroatoms. The molecule has 2 bridgehead atoms. The van der Waals surface area contributed by atoms with Crippen LogP contribution in [-0.4, -0.2) is 50.9 Å². The molecule has 2 unspecified atom stereocenters. The average Bonchev–Trinajstić information content (AvgIpc) is 2.96. The summed E-state index contributed by atoms with van der Waals surface area (Å²) in [5.41, 5.74) is 0.510. The van der Waals surface area contributed by atoms with E-state index in [-0.39, 0.29) is 23.4 Å². The number of carbonyl (C=O) groups excluding carboxylic acids is 1. The highest BCUT2D eigenvalue weighted by Crippen LogP contribution is 2.29. The van der Waals surface area contributed by atoms with Crippen molar-refractivity contribution in [2.24, 2.45) is 0 Å². The van der Waals surface area contributed by atoms with Crippen molar-refractivity contribution in [3.05, 3.63) is 42.5 Å². The maximum absolute atomic E-state index is 12.7. The molecule has 2 heterocycles. The Morgan fingerprint density at radius 3 is 2.44 bits per heavy atom. The molecule has 2 saturated heterocycles. The van der Waals surface area contributed by atoms with E-state index >= 15 is 0 Å². The number of sulfonamides is 1. The van der Waals surface area contributed by atoms with Crippen LogP contribution in [0.3, 0.4) is 0 Å². The highest BCUT2D eigenvalue weighted by molar-refractivity contribution is 7.89. The van der Waals surface area contributed by atoms with Crippen LogP contribution in [0.25, 0.3) is 0 Å². The van der Waals surface area contributed by atoms with Gasteiger partial charge in [0.15, 0.2) is 0 Å². The fraction of sp³-hybridized carbons (Fsp3) is 0.500. The largest absolute Gasteiger partial charge is 0.339 e. The highest BCUT2D eigenvalue weighted by Gasteiger charge is 2.36. The molecular formula is C18H25N3O3S. The van der Waals surface area contributed by atoms with Crippen LogP contribution in [0.15, 0.2) is 41.8 Å². The Bertz CT molecular complexity index is 733. The molecule has 2 fully saturated rings. The van der Waals surface area contributed by atoms with Crippen LogP contribution in [0.2, 0.25) is 0 Å². The third-order valence-corrected chi connectivity index (χ3v) is 6.58. The van der Waals surface area contributed by atoms with Crippen LogP contribution in [0.4, 0.5) is 0 Å². The summed E-state index contributed by atoms with van der Waals surface area (Å²) in [6.07, 6.45) is 5.82. The fourth-order valence-corrected chi connectivity index (χ4v) is 4.74. The van der Waals surface area contributed by atoms with Gasteiger partial charge in [0.2, 0.25) is 10.0 Å². The van der Waals surface area contributed by atoms with Gasteiger partial charge in [-0.3, -0.25) is 4.79 Å². The number of carbonyl (C=O) groups is 1. The van der Waals surface area contributed by atoms with E-state index < -0.39 is 10.0 Å². The lowest BCUT2D eigenvalue weighted by Crippen LogP contribution is -2.48. The normalized spacial score (nSPS) is 25.6. The van der Waals surface area contributed by atoms with Crippen LogP contribution in [-0.2, 0) is 10.0 Å². The topological polar surface area (TPSA) is 78.5 Å². The van der Waals surface area contributed by atoms with Crippen molar-refractivity contribution in [1.29, 1.82) is 0 Å². The summed E-state index contributed by atoms with van der Waals surface area (Å²) in [6.45, 7) is 3.66. The summed E-state index contributed by atoms with van der Waals surface area (Å²) >= 11 is 0. The second kappa shape index (κ2) is 7.27. The third-order valence-electron chi connectivity index (χ3n) is 5.15. The Morgan fingerprint density at radius 2 is 1.88 bits per heavy atom. The monoisotopic (exact) mass is 363 g/mol. The number of hydrogen-bond donors (Lipinski definition) is 2. The van der Waals surface area contributed by atoms with E-state index in [0.717, 1.165) is 12.8 Å². The zero-order valence-corrected chi connectivity index (χ0v) is 15.3. The Morgan fingerprint density at radius 1 is 1.28 bits per heavy atom. The third kappa shape index (κ3) is 3.94. The number of hydrogen-bond acceptors (Lipinski definition) is 4. The van der Waals surface area contributed by atoms with Crippen molar-refractivity contribution in [3.63, 3.8) is 0 Å². The van der Waals surface area contributed by atoms with E-state index in [1.807, 2.05) is 11.9 Å². The van der Waals surface area contributed by atoms with E-state index in [1.54, 1.807) is 12.1 Å². The zero-order valence-electron chi connectivity index (χ0n) is 14.4. The van der Waals surface area contributed by atoms with Crippen molar-refractivity contribution in [2.45, 2.75) is 48.7 Å². The second-order valence-electron chi connectivity index (χ2n) is 6.84. The van der Waals surface area contributed by atoms with Crippen molar-refractivity contribution >= 4 is 15.9 Å². The van der Waals surface area contributed by atoms with Gasteiger partial charge in [0.1, 0.15) is 0 Å². The molecule has 2 atom stereocenters. The molecule has 1 aromatic carbocycles. The number of piperidine rings is 1. The van der Waals surface area contributed by atoms with Crippen LogP contribution in [0.5, 0.6) is 0 Å². The van der Waals surface area contributed by atoms with E-state index in [1.165, 1.54) is 31.1 Å². The molecule has 3 rings (SSSR count). The Hall–Kier alpha value is -1.70. The number of benzene rings is 1. The molecule has 6 nitrogen and oxygen atoms in total. The molecule has 136 valence electrons. The summed E-state index contributed by atoms with van der Waals surface area (Å²) in [4.78, 5) is 14.7. The van der Waals surface area contributed by atoms with Crippen LogP contribution >= 0.6 is 0 Å². The van der Waals surface area contributed by atoms with Crippen molar-refractivity contribution in [1.82, 2.24) is 14.9 Å². The first-order chi connectivity index (χ1) is 11.9.